The zero-order chi connectivity index (χ0) is 20.5. The molecule has 2 aromatic carbocycles. The summed E-state index contributed by atoms with van der Waals surface area (Å²) in [5.41, 5.74) is 3.42. The Balaban J connectivity index is 1.48. The molecule has 6 heteroatoms. The average Bonchev–Trinajstić information content (AvgIpc) is 2.78. The first-order valence-electron chi connectivity index (χ1n) is 9.42. The van der Waals surface area contributed by atoms with Crippen LogP contribution in [0, 0.1) is 0 Å². The number of nitrogens with one attached hydrogen (secondary N) is 2. The number of ether oxygens (including phenoxy) is 2. The number of amides is 1. The molecule has 1 aromatic heterocycles. The molecule has 0 bridgehead atoms. The quantitative estimate of drug-likeness (QED) is 0.582. The summed E-state index contributed by atoms with van der Waals surface area (Å²) in [6.07, 6.45) is 2.40. The summed E-state index contributed by atoms with van der Waals surface area (Å²) in [4.78, 5) is 16.5. The van der Waals surface area contributed by atoms with Crippen LogP contribution in [0.3, 0.4) is 0 Å². The Morgan fingerprint density at radius 1 is 0.966 bits per heavy atom. The van der Waals surface area contributed by atoms with Crippen LogP contribution in [0.25, 0.3) is 0 Å². The second-order valence-electron chi connectivity index (χ2n) is 6.45. The molecule has 150 valence electrons. The minimum Gasteiger partial charge on any atom is -0.497 e. The molecule has 1 heterocycles. The number of rotatable bonds is 9. The van der Waals surface area contributed by atoms with E-state index >= 15 is 0 Å². The van der Waals surface area contributed by atoms with E-state index in [1.807, 2.05) is 54.6 Å². The predicted molar refractivity (Wildman–Crippen MR) is 114 cm³/mol. The van der Waals surface area contributed by atoms with E-state index in [1.54, 1.807) is 26.5 Å². The third kappa shape index (κ3) is 5.72. The molecule has 3 rings (SSSR count). The number of aromatic nitrogens is 1. The van der Waals surface area contributed by atoms with E-state index < -0.39 is 0 Å². The number of hydrogen-bond acceptors (Lipinski definition) is 5. The van der Waals surface area contributed by atoms with Gasteiger partial charge in [0.2, 0.25) is 0 Å². The van der Waals surface area contributed by atoms with Crippen LogP contribution in [0.1, 0.15) is 21.6 Å². The lowest BCUT2D eigenvalue weighted by Crippen LogP contribution is -2.26. The fourth-order valence-electron chi connectivity index (χ4n) is 2.88. The highest BCUT2D eigenvalue weighted by Gasteiger charge is 2.07. The summed E-state index contributed by atoms with van der Waals surface area (Å²) in [7, 11) is 3.30. The maximum atomic E-state index is 12.3. The SMILES string of the molecule is COc1ccc(CCNC(=O)c2ccc(NCc3ccccc3OC)cn2)cc1. The van der Waals surface area contributed by atoms with Crippen molar-refractivity contribution in [1.29, 1.82) is 0 Å². The molecular formula is C23H25N3O3. The Labute approximate surface area is 170 Å². The molecule has 0 radical (unpaired) electrons. The predicted octanol–water partition coefficient (Wildman–Crippen LogP) is 3.68. The normalized spacial score (nSPS) is 10.3. The number of pyridine rings is 1. The van der Waals surface area contributed by atoms with Crippen molar-refractivity contribution in [3.8, 4) is 11.5 Å². The Hall–Kier alpha value is -3.54. The third-order valence-corrected chi connectivity index (χ3v) is 4.53. The van der Waals surface area contributed by atoms with Crippen LogP contribution < -0.4 is 20.1 Å². The van der Waals surface area contributed by atoms with Crippen LogP contribution in [-0.2, 0) is 13.0 Å². The molecule has 29 heavy (non-hydrogen) atoms. The van der Waals surface area contributed by atoms with Crippen molar-refractivity contribution in [2.45, 2.75) is 13.0 Å². The maximum absolute atomic E-state index is 12.3. The molecule has 0 aliphatic rings. The molecule has 0 aliphatic carbocycles. The van der Waals surface area contributed by atoms with Crippen LogP contribution in [-0.4, -0.2) is 31.7 Å². The molecule has 0 saturated heterocycles. The zero-order valence-electron chi connectivity index (χ0n) is 16.6. The highest BCUT2D eigenvalue weighted by atomic mass is 16.5. The molecule has 6 nitrogen and oxygen atoms in total. The summed E-state index contributed by atoms with van der Waals surface area (Å²) in [5, 5.41) is 6.19. The van der Waals surface area contributed by atoms with Crippen LogP contribution in [0.4, 0.5) is 5.69 Å². The Morgan fingerprint density at radius 2 is 1.76 bits per heavy atom. The first-order chi connectivity index (χ1) is 14.2. The van der Waals surface area contributed by atoms with Crippen LogP contribution >= 0.6 is 0 Å². The number of methoxy groups -OCH3 is 2. The van der Waals surface area contributed by atoms with Gasteiger partial charge in [0.05, 0.1) is 26.1 Å². The largest absolute Gasteiger partial charge is 0.497 e. The maximum Gasteiger partial charge on any atom is 0.269 e. The van der Waals surface area contributed by atoms with Gasteiger partial charge >= 0.3 is 0 Å². The van der Waals surface area contributed by atoms with Gasteiger partial charge in [0.25, 0.3) is 5.91 Å². The fourth-order valence-corrected chi connectivity index (χ4v) is 2.88. The summed E-state index contributed by atoms with van der Waals surface area (Å²) < 4.78 is 10.5. The lowest BCUT2D eigenvalue weighted by atomic mass is 10.1. The highest BCUT2D eigenvalue weighted by Crippen LogP contribution is 2.19. The second-order valence-corrected chi connectivity index (χ2v) is 6.45. The van der Waals surface area contributed by atoms with E-state index in [1.165, 1.54) is 0 Å². The van der Waals surface area contributed by atoms with Crippen molar-refractivity contribution in [1.82, 2.24) is 10.3 Å². The molecule has 1 amide bonds. The highest BCUT2D eigenvalue weighted by molar-refractivity contribution is 5.92. The lowest BCUT2D eigenvalue weighted by molar-refractivity contribution is 0.0949. The van der Waals surface area contributed by atoms with Gasteiger partial charge in [-0.05, 0) is 42.3 Å². The molecule has 0 unspecified atom stereocenters. The molecule has 0 saturated carbocycles. The van der Waals surface area contributed by atoms with Crippen molar-refractivity contribution in [2.24, 2.45) is 0 Å². The molecule has 0 fully saturated rings. The molecule has 0 aliphatic heterocycles. The first kappa shape index (κ1) is 20.2. The van der Waals surface area contributed by atoms with Gasteiger partial charge in [0.1, 0.15) is 17.2 Å². The second kappa shape index (κ2) is 10.1. The summed E-state index contributed by atoms with van der Waals surface area (Å²) in [6, 6.07) is 19.2. The van der Waals surface area contributed by atoms with Gasteiger partial charge in [-0.2, -0.15) is 0 Å². The van der Waals surface area contributed by atoms with Crippen LogP contribution in [0.5, 0.6) is 11.5 Å². The van der Waals surface area contributed by atoms with Gasteiger partial charge in [-0.3, -0.25) is 4.79 Å². The number of anilines is 1. The fraction of sp³-hybridized carbons (Fsp3) is 0.217. The Bertz CT molecular complexity index is 925. The molecule has 2 N–H and O–H groups in total. The molecule has 3 aromatic rings. The summed E-state index contributed by atoms with van der Waals surface area (Å²) in [6.45, 7) is 1.15. The van der Waals surface area contributed by atoms with Crippen LogP contribution in [0.2, 0.25) is 0 Å². The van der Waals surface area contributed by atoms with Gasteiger partial charge in [0, 0.05) is 18.7 Å². The topological polar surface area (TPSA) is 72.5 Å². The molecular weight excluding hydrogens is 366 g/mol. The lowest BCUT2D eigenvalue weighted by Gasteiger charge is -2.10. The number of para-hydroxylation sites is 1. The standard InChI is InChI=1S/C23H25N3O3/c1-28-20-10-7-17(8-11-20)13-14-24-23(27)21-12-9-19(16-26-21)25-15-18-5-3-4-6-22(18)29-2/h3-12,16,25H,13-15H2,1-2H3,(H,24,27). The number of carbonyl (C=O) groups is 1. The average molecular weight is 391 g/mol. The van der Waals surface area contributed by atoms with E-state index in [0.717, 1.165) is 34.7 Å². The monoisotopic (exact) mass is 391 g/mol. The minimum absolute atomic E-state index is 0.185. The molecule has 0 atom stereocenters. The number of nitrogens with zero attached hydrogens (tertiary/aromatic N) is 1. The first-order valence-corrected chi connectivity index (χ1v) is 9.42. The van der Waals surface area contributed by atoms with Crippen molar-refractivity contribution < 1.29 is 14.3 Å². The van der Waals surface area contributed by atoms with E-state index in [-0.39, 0.29) is 5.91 Å². The van der Waals surface area contributed by atoms with Crippen molar-refractivity contribution in [2.75, 3.05) is 26.1 Å². The van der Waals surface area contributed by atoms with Crippen LogP contribution in [0.15, 0.2) is 66.9 Å². The smallest absolute Gasteiger partial charge is 0.269 e. The van der Waals surface area contributed by atoms with E-state index in [2.05, 4.69) is 15.6 Å². The Kier molecular flexibility index (Phi) is 7.05. The van der Waals surface area contributed by atoms with E-state index in [9.17, 15) is 4.79 Å². The van der Waals surface area contributed by atoms with Crippen molar-refractivity contribution in [3.05, 3.63) is 83.7 Å². The molecule has 0 spiro atoms. The number of benzene rings is 2. The Morgan fingerprint density at radius 3 is 2.45 bits per heavy atom. The van der Waals surface area contributed by atoms with Gasteiger partial charge in [-0.1, -0.05) is 30.3 Å². The van der Waals surface area contributed by atoms with Gasteiger partial charge in [-0.25, -0.2) is 4.98 Å². The van der Waals surface area contributed by atoms with E-state index in [0.29, 0.717) is 18.8 Å². The van der Waals surface area contributed by atoms with Gasteiger partial charge in [0.15, 0.2) is 0 Å². The number of hydrogen-bond donors (Lipinski definition) is 2. The summed E-state index contributed by atoms with van der Waals surface area (Å²) in [5.74, 6) is 1.47. The van der Waals surface area contributed by atoms with Gasteiger partial charge < -0.3 is 20.1 Å². The number of carbonyl (C=O) groups excluding carboxylic acids is 1. The van der Waals surface area contributed by atoms with Gasteiger partial charge in [-0.15, -0.1) is 0 Å². The van der Waals surface area contributed by atoms with Crippen molar-refractivity contribution in [3.63, 3.8) is 0 Å². The zero-order valence-corrected chi connectivity index (χ0v) is 16.6. The minimum atomic E-state index is -0.185. The van der Waals surface area contributed by atoms with Crippen molar-refractivity contribution >= 4 is 11.6 Å². The third-order valence-electron chi connectivity index (χ3n) is 4.53. The summed E-state index contributed by atoms with van der Waals surface area (Å²) >= 11 is 0. The van der Waals surface area contributed by atoms with E-state index in [4.69, 9.17) is 9.47 Å².